The fourth-order valence-corrected chi connectivity index (χ4v) is 3.64. The SMILES string of the molecule is CCc1ccc(/C=C/C(=O)c2ccc(NC3=NCCCS3)cc2)cc1[N+](=O)[O-]. The minimum absolute atomic E-state index is 0.0797. The van der Waals surface area contributed by atoms with E-state index < -0.39 is 4.92 Å². The van der Waals surface area contributed by atoms with Gasteiger partial charge in [0.05, 0.1) is 4.92 Å². The van der Waals surface area contributed by atoms with Crippen LogP contribution in [0.15, 0.2) is 53.5 Å². The summed E-state index contributed by atoms with van der Waals surface area (Å²) >= 11 is 1.69. The first-order valence-electron chi connectivity index (χ1n) is 9.11. The monoisotopic (exact) mass is 395 g/mol. The van der Waals surface area contributed by atoms with Gasteiger partial charge in [-0.25, -0.2) is 0 Å². The molecule has 0 saturated heterocycles. The number of hydrogen-bond donors (Lipinski definition) is 1. The van der Waals surface area contributed by atoms with Crippen LogP contribution in [-0.2, 0) is 6.42 Å². The fraction of sp³-hybridized carbons (Fsp3) is 0.238. The van der Waals surface area contributed by atoms with Gasteiger partial charge in [-0.05, 0) is 48.7 Å². The van der Waals surface area contributed by atoms with E-state index in [4.69, 9.17) is 0 Å². The molecule has 1 aliphatic rings. The smallest absolute Gasteiger partial charge is 0.273 e. The Labute approximate surface area is 167 Å². The highest BCUT2D eigenvalue weighted by atomic mass is 32.2. The van der Waals surface area contributed by atoms with Crippen molar-refractivity contribution in [3.63, 3.8) is 0 Å². The fourth-order valence-electron chi connectivity index (χ4n) is 2.80. The van der Waals surface area contributed by atoms with Gasteiger partial charge < -0.3 is 5.32 Å². The molecule has 1 N–H and O–H groups in total. The first kappa shape index (κ1) is 19.8. The second-order valence-corrected chi connectivity index (χ2v) is 7.37. The number of rotatable bonds is 6. The lowest BCUT2D eigenvalue weighted by Gasteiger charge is -2.13. The van der Waals surface area contributed by atoms with Crippen LogP contribution in [0.2, 0.25) is 0 Å². The molecule has 0 saturated carbocycles. The zero-order valence-electron chi connectivity index (χ0n) is 15.6. The number of nitrogens with zero attached hydrogens (tertiary/aromatic N) is 2. The quantitative estimate of drug-likeness (QED) is 0.323. The third-order valence-corrected chi connectivity index (χ3v) is 5.33. The van der Waals surface area contributed by atoms with E-state index in [2.05, 4.69) is 10.3 Å². The number of aliphatic imine (C=N–C) groups is 1. The number of anilines is 1. The van der Waals surface area contributed by atoms with Gasteiger partial charge in [-0.1, -0.05) is 36.9 Å². The molecule has 0 amide bonds. The van der Waals surface area contributed by atoms with Gasteiger partial charge >= 0.3 is 0 Å². The summed E-state index contributed by atoms with van der Waals surface area (Å²) in [5, 5.41) is 15.3. The zero-order valence-corrected chi connectivity index (χ0v) is 16.4. The number of carbonyl (C=O) groups is 1. The Bertz CT molecular complexity index is 936. The number of amidine groups is 1. The molecule has 0 bridgehead atoms. The highest BCUT2D eigenvalue weighted by molar-refractivity contribution is 8.14. The molecule has 6 nitrogen and oxygen atoms in total. The molecule has 144 valence electrons. The predicted octanol–water partition coefficient (Wildman–Crippen LogP) is 4.96. The molecule has 0 aromatic heterocycles. The maximum Gasteiger partial charge on any atom is 0.273 e. The molecule has 0 unspecified atom stereocenters. The minimum atomic E-state index is -0.390. The van der Waals surface area contributed by atoms with Crippen LogP contribution in [0.4, 0.5) is 11.4 Å². The van der Waals surface area contributed by atoms with E-state index in [1.807, 2.05) is 19.1 Å². The van der Waals surface area contributed by atoms with Crippen molar-refractivity contribution in [1.82, 2.24) is 0 Å². The van der Waals surface area contributed by atoms with Gasteiger partial charge in [0.2, 0.25) is 0 Å². The normalized spacial score (nSPS) is 14.0. The van der Waals surface area contributed by atoms with Crippen molar-refractivity contribution in [2.24, 2.45) is 4.99 Å². The molecular formula is C21H21N3O3S. The summed E-state index contributed by atoms with van der Waals surface area (Å²) in [6, 6.07) is 12.2. The lowest BCUT2D eigenvalue weighted by Crippen LogP contribution is -2.13. The van der Waals surface area contributed by atoms with Gasteiger partial charge in [0, 0.05) is 35.2 Å². The molecule has 28 heavy (non-hydrogen) atoms. The Morgan fingerprint density at radius 2 is 2.07 bits per heavy atom. The van der Waals surface area contributed by atoms with Crippen molar-refractivity contribution in [2.45, 2.75) is 19.8 Å². The first-order valence-corrected chi connectivity index (χ1v) is 10.1. The molecule has 0 atom stereocenters. The lowest BCUT2D eigenvalue weighted by atomic mass is 10.1. The van der Waals surface area contributed by atoms with Crippen molar-refractivity contribution >= 4 is 40.2 Å². The maximum absolute atomic E-state index is 12.4. The molecular weight excluding hydrogens is 374 g/mol. The van der Waals surface area contributed by atoms with Gasteiger partial charge in [0.15, 0.2) is 11.0 Å². The standard InChI is InChI=1S/C21H21N3O3S/c1-2-16-6-4-15(14-19(16)24(26)27)5-11-20(25)17-7-9-18(10-8-17)23-21-22-12-3-13-28-21/h4-11,14H,2-3,12-13H2,1H3,(H,22,23)/b11-5+. The second-order valence-electron chi connectivity index (χ2n) is 6.29. The number of nitro benzene ring substituents is 1. The average Bonchev–Trinajstić information content (AvgIpc) is 2.73. The van der Waals surface area contributed by atoms with Crippen LogP contribution in [0.5, 0.6) is 0 Å². The van der Waals surface area contributed by atoms with Crippen LogP contribution < -0.4 is 5.32 Å². The van der Waals surface area contributed by atoms with Crippen molar-refractivity contribution in [1.29, 1.82) is 0 Å². The largest absolute Gasteiger partial charge is 0.335 e. The first-order chi connectivity index (χ1) is 13.6. The van der Waals surface area contributed by atoms with Gasteiger partial charge in [0.1, 0.15) is 0 Å². The Morgan fingerprint density at radius 3 is 2.71 bits per heavy atom. The van der Waals surface area contributed by atoms with E-state index in [-0.39, 0.29) is 11.5 Å². The number of hydrogen-bond acceptors (Lipinski definition) is 6. The Kier molecular flexibility index (Phi) is 6.60. The van der Waals surface area contributed by atoms with Crippen molar-refractivity contribution in [3.8, 4) is 0 Å². The van der Waals surface area contributed by atoms with Crippen LogP contribution in [0.1, 0.15) is 34.8 Å². The van der Waals surface area contributed by atoms with Crippen molar-refractivity contribution < 1.29 is 9.72 Å². The number of aryl methyl sites for hydroxylation is 1. The molecule has 2 aromatic carbocycles. The molecule has 3 rings (SSSR count). The van der Waals surface area contributed by atoms with Crippen molar-refractivity contribution in [3.05, 3.63) is 75.3 Å². The van der Waals surface area contributed by atoms with E-state index in [0.717, 1.165) is 29.6 Å². The number of nitrogens with one attached hydrogen (secondary N) is 1. The molecule has 7 heteroatoms. The topological polar surface area (TPSA) is 84.6 Å². The molecule has 0 fully saturated rings. The second kappa shape index (κ2) is 9.32. The molecule has 0 aliphatic carbocycles. The average molecular weight is 395 g/mol. The summed E-state index contributed by atoms with van der Waals surface area (Å²) in [6.45, 7) is 2.72. The third kappa shape index (κ3) is 5.07. The number of allylic oxidation sites excluding steroid dienone is 1. The zero-order chi connectivity index (χ0) is 19.9. The molecule has 1 heterocycles. The van der Waals surface area contributed by atoms with E-state index in [1.165, 1.54) is 12.1 Å². The van der Waals surface area contributed by atoms with Crippen molar-refractivity contribution in [2.75, 3.05) is 17.6 Å². The van der Waals surface area contributed by atoms with Gasteiger partial charge in [-0.3, -0.25) is 19.9 Å². The third-order valence-electron chi connectivity index (χ3n) is 4.33. The molecule has 0 spiro atoms. The summed E-state index contributed by atoms with van der Waals surface area (Å²) in [4.78, 5) is 27.6. The lowest BCUT2D eigenvalue weighted by molar-refractivity contribution is -0.385. The Hall–Kier alpha value is -2.93. The molecule has 1 aliphatic heterocycles. The summed E-state index contributed by atoms with van der Waals surface area (Å²) in [6.07, 6.45) is 4.73. The van der Waals surface area contributed by atoms with Gasteiger partial charge in [-0.2, -0.15) is 0 Å². The molecule has 2 aromatic rings. The van der Waals surface area contributed by atoms with Crippen LogP contribution in [0, 0.1) is 10.1 Å². The summed E-state index contributed by atoms with van der Waals surface area (Å²) in [5.41, 5.74) is 2.83. The van der Waals surface area contributed by atoms with E-state index in [9.17, 15) is 14.9 Å². The van der Waals surface area contributed by atoms with E-state index in [1.54, 1.807) is 42.1 Å². The number of benzene rings is 2. The van der Waals surface area contributed by atoms with Gasteiger partial charge in [-0.15, -0.1) is 0 Å². The van der Waals surface area contributed by atoms with Crippen LogP contribution >= 0.6 is 11.8 Å². The van der Waals surface area contributed by atoms with E-state index >= 15 is 0 Å². The summed E-state index contributed by atoms with van der Waals surface area (Å²) in [5.74, 6) is 0.906. The predicted molar refractivity (Wildman–Crippen MR) is 115 cm³/mol. The van der Waals surface area contributed by atoms with E-state index in [0.29, 0.717) is 23.1 Å². The number of carbonyl (C=O) groups excluding carboxylic acids is 1. The minimum Gasteiger partial charge on any atom is -0.335 e. The number of thioether (sulfide) groups is 1. The number of nitro groups is 1. The number of ketones is 1. The highest BCUT2D eigenvalue weighted by Gasteiger charge is 2.12. The maximum atomic E-state index is 12.4. The summed E-state index contributed by atoms with van der Waals surface area (Å²) < 4.78 is 0. The Morgan fingerprint density at radius 1 is 1.29 bits per heavy atom. The highest BCUT2D eigenvalue weighted by Crippen LogP contribution is 2.22. The summed E-state index contributed by atoms with van der Waals surface area (Å²) in [7, 11) is 0. The van der Waals surface area contributed by atoms with Crippen LogP contribution in [0.25, 0.3) is 6.08 Å². The van der Waals surface area contributed by atoms with Gasteiger partial charge in [0.25, 0.3) is 5.69 Å². The Balaban J connectivity index is 1.68. The molecule has 0 radical (unpaired) electrons. The van der Waals surface area contributed by atoms with Crippen LogP contribution in [0.3, 0.4) is 0 Å². The van der Waals surface area contributed by atoms with Crippen LogP contribution in [-0.4, -0.2) is 28.2 Å².